The van der Waals surface area contributed by atoms with Gasteiger partial charge in [-0.15, -0.1) is 11.3 Å². The van der Waals surface area contributed by atoms with Gasteiger partial charge in [-0.1, -0.05) is 6.07 Å². The molecule has 1 aromatic heterocycles. The molecule has 5 aliphatic rings. The number of aryl methyl sites for hydroxylation is 1. The molecule has 6 heterocycles. The van der Waals surface area contributed by atoms with Gasteiger partial charge in [-0.2, -0.15) is 0 Å². The maximum Gasteiger partial charge on any atom is 0.231 e. The van der Waals surface area contributed by atoms with Crippen LogP contribution in [0.3, 0.4) is 0 Å². The minimum atomic E-state index is 0.346. The molecule has 0 aliphatic carbocycles. The summed E-state index contributed by atoms with van der Waals surface area (Å²) in [7, 11) is 0. The number of likely N-dealkylation sites (tertiary alicyclic amines) is 1. The zero-order valence-corrected chi connectivity index (χ0v) is 16.5. The third kappa shape index (κ3) is 2.61. The monoisotopic (exact) mass is 383 g/mol. The highest BCUT2D eigenvalue weighted by Crippen LogP contribution is 2.48. The van der Waals surface area contributed by atoms with Gasteiger partial charge >= 0.3 is 0 Å². The Hall–Kier alpha value is -1.63. The average molecular weight is 384 g/mol. The Kier molecular flexibility index (Phi) is 3.75. The zero-order valence-electron chi connectivity index (χ0n) is 15.6. The fourth-order valence-electron chi connectivity index (χ4n) is 5.85. The molecule has 0 saturated carbocycles. The number of piperidine rings is 3. The van der Waals surface area contributed by atoms with Gasteiger partial charge in [-0.3, -0.25) is 9.80 Å². The first kappa shape index (κ1) is 16.3. The van der Waals surface area contributed by atoms with Crippen LogP contribution in [0.2, 0.25) is 0 Å². The highest BCUT2D eigenvalue weighted by molar-refractivity contribution is 7.09. The van der Waals surface area contributed by atoms with Gasteiger partial charge in [0.05, 0.1) is 10.7 Å². The summed E-state index contributed by atoms with van der Waals surface area (Å²) in [6.07, 6.45) is 2.70. The summed E-state index contributed by atoms with van der Waals surface area (Å²) in [5.74, 6) is 3.16. The van der Waals surface area contributed by atoms with Crippen LogP contribution in [0.5, 0.6) is 11.5 Å². The maximum absolute atomic E-state index is 5.66. The van der Waals surface area contributed by atoms with Crippen molar-refractivity contribution in [3.63, 3.8) is 0 Å². The van der Waals surface area contributed by atoms with Gasteiger partial charge in [-0.25, -0.2) is 4.98 Å². The lowest BCUT2D eigenvalue weighted by atomic mass is 9.75. The Bertz CT molecular complexity index is 861. The summed E-state index contributed by atoms with van der Waals surface area (Å²) in [5, 5.41) is 3.40. The van der Waals surface area contributed by atoms with Gasteiger partial charge in [-0.05, 0) is 56.5 Å². The van der Waals surface area contributed by atoms with Crippen molar-refractivity contribution < 1.29 is 9.47 Å². The lowest BCUT2D eigenvalue weighted by Gasteiger charge is -2.51. The number of aromatic nitrogens is 1. The second-order valence-corrected chi connectivity index (χ2v) is 9.42. The lowest BCUT2D eigenvalue weighted by Crippen LogP contribution is -2.59. The van der Waals surface area contributed by atoms with Crippen molar-refractivity contribution in [3.8, 4) is 11.5 Å². The Labute approximate surface area is 163 Å². The van der Waals surface area contributed by atoms with E-state index in [4.69, 9.17) is 14.5 Å². The van der Waals surface area contributed by atoms with E-state index in [1.165, 1.54) is 42.2 Å². The van der Waals surface area contributed by atoms with Crippen molar-refractivity contribution in [1.82, 2.24) is 14.8 Å². The molecular weight excluding hydrogens is 358 g/mol. The van der Waals surface area contributed by atoms with Crippen LogP contribution < -0.4 is 9.47 Å². The summed E-state index contributed by atoms with van der Waals surface area (Å²) in [5.41, 5.74) is 2.64. The normalized spacial score (nSPS) is 34.2. The highest BCUT2D eigenvalue weighted by Gasteiger charge is 2.53. The number of benzene rings is 1. The van der Waals surface area contributed by atoms with E-state index in [0.29, 0.717) is 24.8 Å². The molecule has 2 aromatic rings. The van der Waals surface area contributed by atoms with Crippen molar-refractivity contribution in [3.05, 3.63) is 39.8 Å². The fourth-order valence-corrected chi connectivity index (χ4v) is 6.45. The minimum Gasteiger partial charge on any atom is -0.454 e. The molecular formula is C21H25N3O2S. The molecule has 3 atom stereocenters. The molecule has 0 spiro atoms. The van der Waals surface area contributed by atoms with Crippen LogP contribution in [-0.2, 0) is 6.54 Å². The van der Waals surface area contributed by atoms with Gasteiger partial charge in [0.15, 0.2) is 11.5 Å². The molecule has 0 amide bonds. The van der Waals surface area contributed by atoms with E-state index in [1.54, 1.807) is 11.3 Å². The number of nitrogens with zero attached hydrogens (tertiary/aromatic N) is 3. The number of hydrogen-bond acceptors (Lipinski definition) is 6. The highest BCUT2D eigenvalue weighted by atomic mass is 32.1. The number of hydrogen-bond donors (Lipinski definition) is 0. The average Bonchev–Trinajstić information content (AvgIpc) is 3.42. The third-order valence-electron chi connectivity index (χ3n) is 6.95. The van der Waals surface area contributed by atoms with Crippen LogP contribution >= 0.6 is 11.3 Å². The van der Waals surface area contributed by atoms with Gasteiger partial charge < -0.3 is 9.47 Å². The number of rotatable bonds is 3. The largest absolute Gasteiger partial charge is 0.454 e. The molecule has 142 valence electrons. The molecule has 6 heteroatoms. The molecule has 5 aliphatic heterocycles. The van der Waals surface area contributed by atoms with Crippen LogP contribution in [0.25, 0.3) is 0 Å². The van der Waals surface area contributed by atoms with E-state index in [2.05, 4.69) is 40.3 Å². The maximum atomic E-state index is 5.66. The summed E-state index contributed by atoms with van der Waals surface area (Å²) >= 11 is 1.76. The molecule has 27 heavy (non-hydrogen) atoms. The van der Waals surface area contributed by atoms with Crippen molar-refractivity contribution in [2.45, 2.75) is 44.3 Å². The van der Waals surface area contributed by atoms with E-state index in [9.17, 15) is 0 Å². The quantitative estimate of drug-likeness (QED) is 0.813. The van der Waals surface area contributed by atoms with Gasteiger partial charge in [0.25, 0.3) is 0 Å². The van der Waals surface area contributed by atoms with E-state index >= 15 is 0 Å². The first-order chi connectivity index (χ1) is 13.3. The van der Waals surface area contributed by atoms with Crippen LogP contribution in [0, 0.1) is 12.8 Å². The molecule has 0 N–H and O–H groups in total. The number of thiazole rings is 1. The molecule has 5 nitrogen and oxygen atoms in total. The Morgan fingerprint density at radius 2 is 2.00 bits per heavy atom. The Morgan fingerprint density at radius 3 is 2.81 bits per heavy atom. The van der Waals surface area contributed by atoms with E-state index in [1.807, 2.05) is 0 Å². The summed E-state index contributed by atoms with van der Waals surface area (Å²) in [6.45, 7) is 7.06. The number of ether oxygens (including phenoxy) is 2. The van der Waals surface area contributed by atoms with Crippen LogP contribution in [0.4, 0.5) is 0 Å². The van der Waals surface area contributed by atoms with Crippen molar-refractivity contribution in [2.75, 3.05) is 26.4 Å². The molecule has 4 fully saturated rings. The Morgan fingerprint density at radius 1 is 1.15 bits per heavy atom. The SMILES string of the molecule is Cc1nc(CN2C[C@H](c3ccc4c(c3)OCO4)[C@@H]3[C@H]2C2CCN3CC2)cs1. The van der Waals surface area contributed by atoms with E-state index in [-0.39, 0.29) is 0 Å². The van der Waals surface area contributed by atoms with Gasteiger partial charge in [0, 0.05) is 36.5 Å². The predicted octanol–water partition coefficient (Wildman–Crippen LogP) is 3.24. The summed E-state index contributed by atoms with van der Waals surface area (Å²) in [4.78, 5) is 10.2. The van der Waals surface area contributed by atoms with E-state index in [0.717, 1.165) is 30.5 Å². The first-order valence-electron chi connectivity index (χ1n) is 10.0. The molecule has 4 saturated heterocycles. The summed E-state index contributed by atoms with van der Waals surface area (Å²) in [6, 6.07) is 7.86. The van der Waals surface area contributed by atoms with Crippen LogP contribution in [-0.4, -0.2) is 53.3 Å². The smallest absolute Gasteiger partial charge is 0.231 e. The topological polar surface area (TPSA) is 37.8 Å². The van der Waals surface area contributed by atoms with Gasteiger partial charge in [0.2, 0.25) is 6.79 Å². The Balaban J connectivity index is 1.34. The molecule has 7 rings (SSSR count). The summed E-state index contributed by atoms with van der Waals surface area (Å²) < 4.78 is 11.2. The van der Waals surface area contributed by atoms with Crippen molar-refractivity contribution in [1.29, 1.82) is 0 Å². The lowest BCUT2D eigenvalue weighted by molar-refractivity contribution is -0.00895. The molecule has 2 bridgehead atoms. The molecule has 0 radical (unpaired) electrons. The van der Waals surface area contributed by atoms with Crippen molar-refractivity contribution >= 4 is 11.3 Å². The minimum absolute atomic E-state index is 0.346. The fraction of sp³-hybridized carbons (Fsp3) is 0.571. The predicted molar refractivity (Wildman–Crippen MR) is 104 cm³/mol. The number of fused-ring (bicyclic) bond motifs is 3. The molecule has 0 unspecified atom stereocenters. The first-order valence-corrected chi connectivity index (χ1v) is 10.9. The van der Waals surface area contributed by atoms with Crippen molar-refractivity contribution in [2.24, 2.45) is 5.92 Å². The van der Waals surface area contributed by atoms with Crippen LogP contribution in [0.1, 0.15) is 35.0 Å². The van der Waals surface area contributed by atoms with Gasteiger partial charge in [0.1, 0.15) is 0 Å². The van der Waals surface area contributed by atoms with E-state index < -0.39 is 0 Å². The second-order valence-electron chi connectivity index (χ2n) is 8.36. The second kappa shape index (κ2) is 6.19. The zero-order chi connectivity index (χ0) is 18.0. The standard InChI is InChI=1S/C21H25N3O2S/c1-13-22-16(11-27-13)9-24-10-17(15-2-3-18-19(8-15)26-12-25-18)21-20(24)14-4-6-23(21)7-5-14/h2-3,8,11,14,17,20-21H,4-7,9-10,12H2,1H3/t17-,20-,21-/m1/s1. The molecule has 1 aromatic carbocycles. The third-order valence-corrected chi connectivity index (χ3v) is 7.77. The van der Waals surface area contributed by atoms with Crippen LogP contribution in [0.15, 0.2) is 23.6 Å².